The lowest BCUT2D eigenvalue weighted by Gasteiger charge is -2.50. The highest BCUT2D eigenvalue weighted by molar-refractivity contribution is 6.32. The molecule has 122 valence electrons. The highest BCUT2D eigenvalue weighted by Gasteiger charge is 2.41. The maximum atomic E-state index is 6.55. The fourth-order valence-electron chi connectivity index (χ4n) is 3.82. The smallest absolute Gasteiger partial charge is 0.123 e. The number of hydrogen-bond donors (Lipinski definition) is 1. The molecule has 4 rings (SSSR count). The van der Waals surface area contributed by atoms with Gasteiger partial charge < -0.3 is 10.5 Å². The van der Waals surface area contributed by atoms with Crippen LogP contribution in [0.3, 0.4) is 0 Å². The van der Waals surface area contributed by atoms with Crippen molar-refractivity contribution in [2.24, 2.45) is 0 Å². The predicted octanol–water partition coefficient (Wildman–Crippen LogP) is 3.44. The number of nitrogen functional groups attached to an aromatic ring is 1. The van der Waals surface area contributed by atoms with Crippen LogP contribution >= 0.6 is 11.6 Å². The molecule has 23 heavy (non-hydrogen) atoms. The molecule has 5 heteroatoms. The maximum absolute atomic E-state index is 6.55. The van der Waals surface area contributed by atoms with Crippen LogP contribution in [0.5, 0.6) is 0 Å². The first kappa shape index (κ1) is 15.2. The molecule has 2 aromatic rings. The molecule has 4 nitrogen and oxygen atoms in total. The Bertz CT molecular complexity index is 736. The van der Waals surface area contributed by atoms with E-state index in [9.17, 15) is 0 Å². The minimum atomic E-state index is 0.248. The second kappa shape index (κ2) is 5.62. The minimum absolute atomic E-state index is 0.248. The van der Waals surface area contributed by atoms with Crippen LogP contribution in [-0.2, 0) is 4.74 Å². The van der Waals surface area contributed by atoms with Gasteiger partial charge >= 0.3 is 0 Å². The molecule has 0 saturated carbocycles. The third kappa shape index (κ3) is 2.69. The zero-order chi connectivity index (χ0) is 16.0. The van der Waals surface area contributed by atoms with Gasteiger partial charge in [0, 0.05) is 16.6 Å². The van der Waals surface area contributed by atoms with Crippen LogP contribution < -0.4 is 5.73 Å². The fraction of sp³-hybridized carbons (Fsp3) is 0.500. The molecule has 2 aliphatic heterocycles. The summed E-state index contributed by atoms with van der Waals surface area (Å²) in [5.74, 6) is 1.07. The molecule has 2 saturated heterocycles. The first-order chi connectivity index (χ1) is 11.0. The average Bonchev–Trinajstić information content (AvgIpc) is 2.52. The van der Waals surface area contributed by atoms with E-state index in [-0.39, 0.29) is 5.54 Å². The number of hydrogen-bond acceptors (Lipinski definition) is 4. The number of nitrogens with zero attached hydrogens (tertiary/aromatic N) is 2. The van der Waals surface area contributed by atoms with Crippen molar-refractivity contribution in [2.45, 2.75) is 31.2 Å². The lowest BCUT2D eigenvalue weighted by molar-refractivity contribution is -0.136. The van der Waals surface area contributed by atoms with E-state index in [1.54, 1.807) is 6.20 Å². The number of rotatable bonds is 2. The summed E-state index contributed by atoms with van der Waals surface area (Å²) in [6, 6.07) is 6.15. The summed E-state index contributed by atoms with van der Waals surface area (Å²) in [7, 11) is 0. The van der Waals surface area contributed by atoms with Crippen molar-refractivity contribution in [3.8, 4) is 0 Å². The SMILES string of the molecule is CC1(N2CCC(c3cc4cc(N)ncc4cc3Cl)CC2)COC1. The Labute approximate surface area is 141 Å². The van der Waals surface area contributed by atoms with E-state index in [0.717, 1.165) is 54.9 Å². The minimum Gasteiger partial charge on any atom is -0.384 e. The van der Waals surface area contributed by atoms with E-state index < -0.39 is 0 Å². The molecule has 0 bridgehead atoms. The van der Waals surface area contributed by atoms with Crippen LogP contribution in [0.4, 0.5) is 5.82 Å². The van der Waals surface area contributed by atoms with Crippen molar-refractivity contribution in [2.75, 3.05) is 32.0 Å². The zero-order valence-electron chi connectivity index (χ0n) is 13.4. The van der Waals surface area contributed by atoms with Gasteiger partial charge in [0.05, 0.1) is 18.8 Å². The Morgan fingerprint density at radius 2 is 1.96 bits per heavy atom. The molecule has 2 N–H and O–H groups in total. The lowest BCUT2D eigenvalue weighted by atomic mass is 9.85. The van der Waals surface area contributed by atoms with E-state index >= 15 is 0 Å². The quantitative estimate of drug-likeness (QED) is 0.916. The summed E-state index contributed by atoms with van der Waals surface area (Å²) in [5.41, 5.74) is 7.31. The molecular formula is C18H22ClN3O. The van der Waals surface area contributed by atoms with Gasteiger partial charge in [-0.15, -0.1) is 0 Å². The van der Waals surface area contributed by atoms with Crippen molar-refractivity contribution in [3.63, 3.8) is 0 Å². The standard InChI is InChI=1S/C18H22ClN3O/c1-18(10-23-11-18)22-4-2-12(3-5-22)15-6-13-8-17(20)21-9-14(13)7-16(15)19/h6-9,12H,2-5,10-11H2,1H3,(H2,20,21). The van der Waals surface area contributed by atoms with Gasteiger partial charge in [-0.05, 0) is 67.9 Å². The summed E-state index contributed by atoms with van der Waals surface area (Å²) in [4.78, 5) is 6.72. The van der Waals surface area contributed by atoms with Crippen molar-refractivity contribution in [1.29, 1.82) is 0 Å². The fourth-order valence-corrected chi connectivity index (χ4v) is 4.15. The third-order valence-electron chi connectivity index (χ3n) is 5.38. The predicted molar refractivity (Wildman–Crippen MR) is 93.9 cm³/mol. The van der Waals surface area contributed by atoms with Crippen molar-refractivity contribution in [1.82, 2.24) is 9.88 Å². The van der Waals surface area contributed by atoms with Crippen LogP contribution in [0.15, 0.2) is 24.4 Å². The van der Waals surface area contributed by atoms with Gasteiger partial charge in [-0.25, -0.2) is 4.98 Å². The lowest BCUT2D eigenvalue weighted by Crippen LogP contribution is -2.61. The summed E-state index contributed by atoms with van der Waals surface area (Å²) >= 11 is 6.55. The number of likely N-dealkylation sites (tertiary alicyclic amines) is 1. The molecular weight excluding hydrogens is 310 g/mol. The number of aromatic nitrogens is 1. The van der Waals surface area contributed by atoms with E-state index in [4.69, 9.17) is 22.1 Å². The number of benzene rings is 1. The van der Waals surface area contributed by atoms with E-state index in [1.807, 2.05) is 12.1 Å². The van der Waals surface area contributed by atoms with Crippen LogP contribution in [0, 0.1) is 0 Å². The van der Waals surface area contributed by atoms with Crippen LogP contribution in [-0.4, -0.2) is 41.7 Å². The molecule has 0 spiro atoms. The Hall–Kier alpha value is -1.36. The second-order valence-corrected chi connectivity index (χ2v) is 7.49. The number of piperidine rings is 1. The molecule has 0 atom stereocenters. The number of nitrogens with two attached hydrogens (primary N) is 1. The Morgan fingerprint density at radius 1 is 1.22 bits per heavy atom. The molecule has 0 aliphatic carbocycles. The normalized spacial score (nSPS) is 22.2. The topological polar surface area (TPSA) is 51.4 Å². The number of fused-ring (bicyclic) bond motifs is 1. The van der Waals surface area contributed by atoms with Gasteiger partial charge in [0.25, 0.3) is 0 Å². The Morgan fingerprint density at radius 3 is 2.61 bits per heavy atom. The molecule has 1 aromatic carbocycles. The van der Waals surface area contributed by atoms with Gasteiger partial charge in [0.2, 0.25) is 0 Å². The molecule has 0 radical (unpaired) electrons. The number of halogens is 1. The van der Waals surface area contributed by atoms with Gasteiger partial charge in [-0.2, -0.15) is 0 Å². The number of anilines is 1. The van der Waals surface area contributed by atoms with Gasteiger partial charge in [0.15, 0.2) is 0 Å². The third-order valence-corrected chi connectivity index (χ3v) is 5.71. The van der Waals surface area contributed by atoms with Crippen LogP contribution in [0.25, 0.3) is 10.8 Å². The number of pyridine rings is 1. The Balaban J connectivity index is 1.56. The molecule has 3 heterocycles. The molecule has 1 aromatic heterocycles. The van der Waals surface area contributed by atoms with Crippen LogP contribution in [0.1, 0.15) is 31.2 Å². The highest BCUT2D eigenvalue weighted by Crippen LogP contribution is 2.38. The van der Waals surface area contributed by atoms with Crippen molar-refractivity contribution in [3.05, 3.63) is 35.0 Å². The summed E-state index contributed by atoms with van der Waals surface area (Å²) in [6.07, 6.45) is 4.07. The molecule has 2 aliphatic rings. The van der Waals surface area contributed by atoms with Gasteiger partial charge in [-0.3, -0.25) is 4.90 Å². The van der Waals surface area contributed by atoms with Crippen molar-refractivity contribution < 1.29 is 4.74 Å². The Kier molecular flexibility index (Phi) is 3.71. The second-order valence-electron chi connectivity index (χ2n) is 7.08. The largest absolute Gasteiger partial charge is 0.384 e. The summed E-state index contributed by atoms with van der Waals surface area (Å²) in [6.45, 7) is 6.24. The average molecular weight is 332 g/mol. The molecule has 2 fully saturated rings. The maximum Gasteiger partial charge on any atom is 0.123 e. The van der Waals surface area contributed by atoms with Gasteiger partial charge in [-0.1, -0.05) is 11.6 Å². The highest BCUT2D eigenvalue weighted by atomic mass is 35.5. The molecule has 0 amide bonds. The summed E-state index contributed by atoms with van der Waals surface area (Å²) in [5, 5.41) is 3.02. The monoisotopic (exact) mass is 331 g/mol. The number of ether oxygens (including phenoxy) is 1. The van der Waals surface area contributed by atoms with E-state index in [1.165, 1.54) is 5.56 Å². The van der Waals surface area contributed by atoms with Gasteiger partial charge in [0.1, 0.15) is 5.82 Å². The van der Waals surface area contributed by atoms with Crippen molar-refractivity contribution >= 4 is 28.2 Å². The molecule has 0 unspecified atom stereocenters. The van der Waals surface area contributed by atoms with E-state index in [0.29, 0.717) is 11.7 Å². The summed E-state index contributed by atoms with van der Waals surface area (Å²) < 4.78 is 5.40. The zero-order valence-corrected chi connectivity index (χ0v) is 14.1. The first-order valence-electron chi connectivity index (χ1n) is 8.23. The van der Waals surface area contributed by atoms with Crippen LogP contribution in [0.2, 0.25) is 5.02 Å². The first-order valence-corrected chi connectivity index (χ1v) is 8.60. The van der Waals surface area contributed by atoms with E-state index in [2.05, 4.69) is 22.9 Å².